The normalized spacial score (nSPS) is 20.2. The van der Waals surface area contributed by atoms with Crippen LogP contribution < -0.4 is 5.32 Å². The zero-order chi connectivity index (χ0) is 12.0. The van der Waals surface area contributed by atoms with Crippen molar-refractivity contribution >= 4 is 17.8 Å². The van der Waals surface area contributed by atoms with Gasteiger partial charge < -0.3 is 4.74 Å². The van der Waals surface area contributed by atoms with E-state index in [2.05, 4.69) is 12.2 Å². The molecular weight excluding hydrogens is 210 g/mol. The average Bonchev–Trinajstić information content (AvgIpc) is 2.52. The summed E-state index contributed by atoms with van der Waals surface area (Å²) in [5.74, 6) is -1.52. The van der Waals surface area contributed by atoms with Crippen molar-refractivity contribution in [3.05, 3.63) is 12.2 Å². The van der Waals surface area contributed by atoms with Crippen molar-refractivity contribution in [2.75, 3.05) is 0 Å². The van der Waals surface area contributed by atoms with Crippen LogP contribution in [0.25, 0.3) is 0 Å². The molecule has 0 bridgehead atoms. The topological polar surface area (TPSA) is 72.5 Å². The van der Waals surface area contributed by atoms with Crippen LogP contribution in [0, 0.1) is 0 Å². The highest BCUT2D eigenvalue weighted by Crippen LogP contribution is 2.07. The van der Waals surface area contributed by atoms with Gasteiger partial charge in [0.2, 0.25) is 5.91 Å². The minimum atomic E-state index is -0.962. The van der Waals surface area contributed by atoms with Crippen LogP contribution in [-0.4, -0.2) is 23.9 Å². The number of nitrogens with one attached hydrogen (secondary N) is 1. The van der Waals surface area contributed by atoms with Crippen molar-refractivity contribution in [3.8, 4) is 0 Å². The lowest BCUT2D eigenvalue weighted by Gasteiger charge is -2.05. The molecule has 1 fully saturated rings. The fraction of sp³-hybridized carbons (Fsp3) is 0.545. The van der Waals surface area contributed by atoms with Gasteiger partial charge in [0.25, 0.3) is 5.91 Å². The van der Waals surface area contributed by atoms with E-state index in [-0.39, 0.29) is 6.42 Å². The second-order valence-corrected chi connectivity index (χ2v) is 3.59. The summed E-state index contributed by atoms with van der Waals surface area (Å²) < 4.78 is 4.82. The average molecular weight is 225 g/mol. The number of hydrogen-bond donors (Lipinski definition) is 1. The third-order valence-electron chi connectivity index (χ3n) is 2.16. The molecule has 0 aromatic carbocycles. The first kappa shape index (κ1) is 12.4. The molecule has 16 heavy (non-hydrogen) atoms. The van der Waals surface area contributed by atoms with Gasteiger partial charge in [-0.2, -0.15) is 0 Å². The fourth-order valence-electron chi connectivity index (χ4n) is 1.31. The van der Waals surface area contributed by atoms with E-state index in [1.807, 2.05) is 0 Å². The summed E-state index contributed by atoms with van der Waals surface area (Å²) in [6, 6.07) is 0. The van der Waals surface area contributed by atoms with E-state index in [1.54, 1.807) is 6.08 Å². The predicted molar refractivity (Wildman–Crippen MR) is 56.3 cm³/mol. The first-order chi connectivity index (χ1) is 7.63. The van der Waals surface area contributed by atoms with Gasteiger partial charge >= 0.3 is 5.97 Å². The molecule has 5 nitrogen and oxygen atoms in total. The van der Waals surface area contributed by atoms with Crippen molar-refractivity contribution in [1.29, 1.82) is 0 Å². The molecule has 0 aliphatic carbocycles. The summed E-state index contributed by atoms with van der Waals surface area (Å²) in [5.41, 5.74) is 0. The largest absolute Gasteiger partial charge is 0.449 e. The lowest BCUT2D eigenvalue weighted by molar-refractivity contribution is -0.149. The van der Waals surface area contributed by atoms with Gasteiger partial charge in [-0.1, -0.05) is 25.8 Å². The van der Waals surface area contributed by atoms with Crippen molar-refractivity contribution in [3.63, 3.8) is 0 Å². The third kappa shape index (κ3) is 3.84. The highest BCUT2D eigenvalue weighted by molar-refractivity contribution is 6.05. The molecule has 0 spiro atoms. The lowest BCUT2D eigenvalue weighted by atomic mass is 10.2. The number of rotatable bonds is 5. The smallest absolute Gasteiger partial charge is 0.331 e. The van der Waals surface area contributed by atoms with Crippen LogP contribution >= 0.6 is 0 Å². The molecule has 0 radical (unpaired) electrons. The molecule has 88 valence electrons. The van der Waals surface area contributed by atoms with E-state index in [0.717, 1.165) is 19.3 Å². The molecule has 0 saturated carbocycles. The van der Waals surface area contributed by atoms with Gasteiger partial charge in [-0.15, -0.1) is 0 Å². The van der Waals surface area contributed by atoms with Crippen LogP contribution in [0.1, 0.15) is 32.6 Å². The minimum Gasteiger partial charge on any atom is -0.449 e. The van der Waals surface area contributed by atoms with Crippen LogP contribution in [0.5, 0.6) is 0 Å². The van der Waals surface area contributed by atoms with Crippen LogP contribution in [0.4, 0.5) is 0 Å². The van der Waals surface area contributed by atoms with E-state index in [0.29, 0.717) is 0 Å². The Morgan fingerprint density at radius 3 is 2.88 bits per heavy atom. The van der Waals surface area contributed by atoms with Gasteiger partial charge in [0, 0.05) is 6.08 Å². The molecule has 1 rings (SSSR count). The van der Waals surface area contributed by atoms with Crippen molar-refractivity contribution in [2.45, 2.75) is 38.7 Å². The maximum absolute atomic E-state index is 11.2. The first-order valence-corrected chi connectivity index (χ1v) is 5.34. The Morgan fingerprint density at radius 1 is 1.56 bits per heavy atom. The number of amides is 2. The number of ether oxygens (including phenoxy) is 1. The molecule has 1 N–H and O–H groups in total. The Morgan fingerprint density at radius 2 is 2.31 bits per heavy atom. The molecule has 0 aromatic heterocycles. The Bertz CT molecular complexity index is 322. The Labute approximate surface area is 93.8 Å². The first-order valence-electron chi connectivity index (χ1n) is 5.34. The highest BCUT2D eigenvalue weighted by atomic mass is 16.5. The van der Waals surface area contributed by atoms with Crippen molar-refractivity contribution < 1.29 is 19.1 Å². The molecular formula is C11H15NO4. The van der Waals surface area contributed by atoms with Gasteiger partial charge in [-0.3, -0.25) is 14.9 Å². The summed E-state index contributed by atoms with van der Waals surface area (Å²) >= 11 is 0. The van der Waals surface area contributed by atoms with Gasteiger partial charge in [0.15, 0.2) is 6.10 Å². The number of hydrogen-bond acceptors (Lipinski definition) is 4. The zero-order valence-electron chi connectivity index (χ0n) is 9.19. The van der Waals surface area contributed by atoms with E-state index < -0.39 is 23.9 Å². The number of esters is 1. The molecule has 0 aromatic rings. The number of carbonyl (C=O) groups excluding carboxylic acids is 3. The second-order valence-electron chi connectivity index (χ2n) is 3.59. The van der Waals surface area contributed by atoms with E-state index in [4.69, 9.17) is 4.74 Å². The minimum absolute atomic E-state index is 0.0760. The SMILES string of the molecule is CCCCC=CC(=O)OC1CC(=O)NC1=O. The van der Waals surface area contributed by atoms with Gasteiger partial charge in [-0.05, 0) is 6.42 Å². The van der Waals surface area contributed by atoms with Crippen LogP contribution in [0.2, 0.25) is 0 Å². The maximum Gasteiger partial charge on any atom is 0.331 e. The standard InChI is InChI=1S/C11H15NO4/c1-2-3-4-5-6-10(14)16-8-7-9(13)12-11(8)15/h5-6,8H,2-4,7H2,1H3,(H,12,13,15). The van der Waals surface area contributed by atoms with E-state index >= 15 is 0 Å². The number of unbranched alkanes of at least 4 members (excludes halogenated alkanes) is 2. The van der Waals surface area contributed by atoms with Crippen LogP contribution in [0.15, 0.2) is 12.2 Å². The zero-order valence-corrected chi connectivity index (χ0v) is 9.19. The molecule has 1 heterocycles. The number of allylic oxidation sites excluding steroid dienone is 1. The number of imide groups is 1. The Hall–Kier alpha value is -1.65. The Kier molecular flexibility index (Phi) is 4.69. The monoisotopic (exact) mass is 225 g/mol. The van der Waals surface area contributed by atoms with Crippen molar-refractivity contribution in [1.82, 2.24) is 5.32 Å². The molecule has 2 amide bonds. The van der Waals surface area contributed by atoms with E-state index in [9.17, 15) is 14.4 Å². The van der Waals surface area contributed by atoms with Crippen LogP contribution in [0.3, 0.4) is 0 Å². The molecule has 1 unspecified atom stereocenters. The number of carbonyl (C=O) groups is 3. The molecule has 1 aliphatic rings. The maximum atomic E-state index is 11.2. The summed E-state index contributed by atoms with van der Waals surface area (Å²) in [6.07, 6.45) is 4.84. The van der Waals surface area contributed by atoms with E-state index in [1.165, 1.54) is 6.08 Å². The summed E-state index contributed by atoms with van der Waals surface area (Å²) in [5, 5.41) is 2.07. The van der Waals surface area contributed by atoms with Crippen LogP contribution in [-0.2, 0) is 19.1 Å². The van der Waals surface area contributed by atoms with Crippen molar-refractivity contribution in [2.24, 2.45) is 0 Å². The molecule has 5 heteroatoms. The lowest BCUT2D eigenvalue weighted by Crippen LogP contribution is -2.27. The Balaban J connectivity index is 2.31. The molecule has 1 saturated heterocycles. The summed E-state index contributed by atoms with van der Waals surface area (Å²) in [7, 11) is 0. The molecule has 1 aliphatic heterocycles. The fourth-order valence-corrected chi connectivity index (χ4v) is 1.31. The van der Waals surface area contributed by atoms with Gasteiger partial charge in [0.1, 0.15) is 0 Å². The third-order valence-corrected chi connectivity index (χ3v) is 2.16. The highest BCUT2D eigenvalue weighted by Gasteiger charge is 2.33. The quantitative estimate of drug-likeness (QED) is 0.323. The summed E-state index contributed by atoms with van der Waals surface area (Å²) in [4.78, 5) is 33.1. The predicted octanol–water partition coefficient (Wildman–Crippen LogP) is 0.691. The second kappa shape index (κ2) is 6.05. The molecule has 1 atom stereocenters. The summed E-state index contributed by atoms with van der Waals surface area (Å²) in [6.45, 7) is 2.06. The van der Waals surface area contributed by atoms with Gasteiger partial charge in [0.05, 0.1) is 6.42 Å². The van der Waals surface area contributed by atoms with Gasteiger partial charge in [-0.25, -0.2) is 4.79 Å².